The molecule has 84 valence electrons. The van der Waals surface area contributed by atoms with Crippen molar-refractivity contribution in [1.29, 1.82) is 0 Å². The summed E-state index contributed by atoms with van der Waals surface area (Å²) in [6.07, 6.45) is 0. The van der Waals surface area contributed by atoms with E-state index >= 15 is 0 Å². The first-order valence-corrected chi connectivity index (χ1v) is 4.97. The van der Waals surface area contributed by atoms with Crippen LogP contribution in [0.2, 0.25) is 0 Å². The van der Waals surface area contributed by atoms with Crippen LogP contribution in [0.5, 0.6) is 0 Å². The first kappa shape index (κ1) is 11.8. The van der Waals surface area contributed by atoms with Gasteiger partial charge in [0.25, 0.3) is 0 Å². The van der Waals surface area contributed by atoms with Crippen molar-refractivity contribution < 1.29 is 9.50 Å². The van der Waals surface area contributed by atoms with E-state index in [9.17, 15) is 4.39 Å². The number of halogens is 1. The van der Waals surface area contributed by atoms with Crippen LogP contribution in [0.4, 0.5) is 15.8 Å². The van der Waals surface area contributed by atoms with Crippen LogP contribution in [0, 0.1) is 11.7 Å². The van der Waals surface area contributed by atoms with E-state index in [4.69, 9.17) is 10.8 Å². The Kier molecular flexibility index (Phi) is 3.91. The van der Waals surface area contributed by atoms with Crippen molar-refractivity contribution in [3.05, 3.63) is 24.0 Å². The van der Waals surface area contributed by atoms with Crippen LogP contribution in [0.25, 0.3) is 0 Å². The van der Waals surface area contributed by atoms with Crippen LogP contribution in [-0.2, 0) is 0 Å². The van der Waals surface area contributed by atoms with Gasteiger partial charge in [0.2, 0.25) is 0 Å². The second kappa shape index (κ2) is 4.98. The highest BCUT2D eigenvalue weighted by molar-refractivity contribution is 5.66. The molecule has 0 aliphatic rings. The van der Waals surface area contributed by atoms with Gasteiger partial charge in [0.05, 0.1) is 24.0 Å². The van der Waals surface area contributed by atoms with Gasteiger partial charge in [0, 0.05) is 0 Å². The molecule has 0 aliphatic carbocycles. The van der Waals surface area contributed by atoms with Crippen molar-refractivity contribution in [2.75, 3.05) is 17.7 Å². The fraction of sp³-hybridized carbons (Fsp3) is 0.455. The molecule has 1 unspecified atom stereocenters. The van der Waals surface area contributed by atoms with Gasteiger partial charge in [-0.1, -0.05) is 13.8 Å². The minimum atomic E-state index is -0.341. The summed E-state index contributed by atoms with van der Waals surface area (Å²) in [5, 5.41) is 12.1. The number of rotatable bonds is 4. The molecule has 0 amide bonds. The van der Waals surface area contributed by atoms with Crippen LogP contribution < -0.4 is 11.1 Å². The minimum absolute atomic E-state index is 0.00633. The molecule has 15 heavy (non-hydrogen) atoms. The number of aliphatic hydroxyl groups excluding tert-OH is 1. The van der Waals surface area contributed by atoms with Gasteiger partial charge in [-0.25, -0.2) is 4.39 Å². The number of benzene rings is 1. The van der Waals surface area contributed by atoms with Gasteiger partial charge in [-0.3, -0.25) is 0 Å². The molecule has 4 N–H and O–H groups in total. The average Bonchev–Trinajstić information content (AvgIpc) is 2.18. The van der Waals surface area contributed by atoms with Crippen molar-refractivity contribution in [3.8, 4) is 0 Å². The van der Waals surface area contributed by atoms with E-state index in [2.05, 4.69) is 5.32 Å². The summed E-state index contributed by atoms with van der Waals surface area (Å²) in [6, 6.07) is 4.03. The first-order chi connectivity index (χ1) is 7.04. The first-order valence-electron chi connectivity index (χ1n) is 4.97. The van der Waals surface area contributed by atoms with Crippen LogP contribution in [0.1, 0.15) is 13.8 Å². The van der Waals surface area contributed by atoms with Crippen molar-refractivity contribution in [3.63, 3.8) is 0 Å². The Balaban J connectivity index is 2.82. The maximum atomic E-state index is 12.9. The van der Waals surface area contributed by atoms with E-state index in [1.54, 1.807) is 0 Å². The van der Waals surface area contributed by atoms with Crippen LogP contribution >= 0.6 is 0 Å². The lowest BCUT2D eigenvalue weighted by Crippen LogP contribution is -2.29. The summed E-state index contributed by atoms with van der Waals surface area (Å²) in [5.74, 6) is -0.0928. The lowest BCUT2D eigenvalue weighted by Gasteiger charge is -2.22. The predicted octanol–water partition coefficient (Wildman–Crippen LogP) is 1.84. The Labute approximate surface area is 89.1 Å². The van der Waals surface area contributed by atoms with Crippen molar-refractivity contribution in [2.24, 2.45) is 5.92 Å². The lowest BCUT2D eigenvalue weighted by molar-refractivity contribution is 0.249. The Hall–Kier alpha value is -1.29. The molecule has 1 aromatic rings. The number of nitrogens with two attached hydrogens (primary N) is 1. The monoisotopic (exact) mass is 212 g/mol. The maximum Gasteiger partial charge on any atom is 0.125 e. The molecule has 3 nitrogen and oxygen atoms in total. The van der Waals surface area contributed by atoms with Gasteiger partial charge in [0.1, 0.15) is 5.82 Å². The molecule has 0 spiro atoms. The Morgan fingerprint density at radius 2 is 2.13 bits per heavy atom. The zero-order chi connectivity index (χ0) is 11.4. The standard InChI is InChI=1S/C11H17FN2O/c1-7(2)11(6-15)14-10-5-8(12)3-4-9(10)13/h3-5,7,11,14-15H,6,13H2,1-2H3. The molecule has 1 aromatic carbocycles. The summed E-state index contributed by atoms with van der Waals surface area (Å²) in [6.45, 7) is 3.94. The molecule has 0 heterocycles. The zero-order valence-corrected chi connectivity index (χ0v) is 9.00. The zero-order valence-electron chi connectivity index (χ0n) is 9.00. The number of hydrogen-bond acceptors (Lipinski definition) is 3. The molecule has 0 bridgehead atoms. The van der Waals surface area contributed by atoms with E-state index < -0.39 is 0 Å². The molecule has 4 heteroatoms. The summed E-state index contributed by atoms with van der Waals surface area (Å²) in [4.78, 5) is 0. The Bertz CT molecular complexity index is 328. The fourth-order valence-corrected chi connectivity index (χ4v) is 1.28. The normalized spacial score (nSPS) is 12.9. The smallest absolute Gasteiger partial charge is 0.125 e. The average molecular weight is 212 g/mol. The third kappa shape index (κ3) is 3.09. The molecule has 0 radical (unpaired) electrons. The van der Waals surface area contributed by atoms with E-state index in [0.29, 0.717) is 11.4 Å². The van der Waals surface area contributed by atoms with E-state index in [0.717, 1.165) is 0 Å². The predicted molar refractivity (Wildman–Crippen MR) is 60.1 cm³/mol. The largest absolute Gasteiger partial charge is 0.397 e. The highest BCUT2D eigenvalue weighted by Crippen LogP contribution is 2.21. The molecule has 0 aliphatic heterocycles. The van der Waals surface area contributed by atoms with Crippen molar-refractivity contribution in [1.82, 2.24) is 0 Å². The second-order valence-corrected chi connectivity index (χ2v) is 3.91. The van der Waals surface area contributed by atoms with Gasteiger partial charge in [-0.05, 0) is 24.1 Å². The van der Waals surface area contributed by atoms with Crippen LogP contribution in [-0.4, -0.2) is 17.8 Å². The molecule has 1 atom stereocenters. The van der Waals surface area contributed by atoms with E-state index in [1.807, 2.05) is 13.8 Å². The summed E-state index contributed by atoms with van der Waals surface area (Å²) >= 11 is 0. The fourth-order valence-electron chi connectivity index (χ4n) is 1.28. The SMILES string of the molecule is CC(C)C(CO)Nc1cc(F)ccc1N. The summed E-state index contributed by atoms with van der Waals surface area (Å²) in [5.41, 5.74) is 6.69. The highest BCUT2D eigenvalue weighted by Gasteiger charge is 2.13. The number of anilines is 2. The van der Waals surface area contributed by atoms with Gasteiger partial charge < -0.3 is 16.2 Å². The van der Waals surface area contributed by atoms with Gasteiger partial charge in [-0.15, -0.1) is 0 Å². The molecule has 1 rings (SSSR count). The van der Waals surface area contributed by atoms with Crippen molar-refractivity contribution in [2.45, 2.75) is 19.9 Å². The van der Waals surface area contributed by atoms with Gasteiger partial charge in [-0.2, -0.15) is 0 Å². The summed E-state index contributed by atoms with van der Waals surface area (Å²) in [7, 11) is 0. The molecule has 0 fully saturated rings. The minimum Gasteiger partial charge on any atom is -0.397 e. The number of hydrogen-bond donors (Lipinski definition) is 3. The highest BCUT2D eigenvalue weighted by atomic mass is 19.1. The van der Waals surface area contributed by atoms with Crippen molar-refractivity contribution >= 4 is 11.4 Å². The van der Waals surface area contributed by atoms with Gasteiger partial charge >= 0.3 is 0 Å². The van der Waals surface area contributed by atoms with E-state index in [1.165, 1.54) is 18.2 Å². The molecular formula is C11H17FN2O. The molecular weight excluding hydrogens is 195 g/mol. The topological polar surface area (TPSA) is 58.3 Å². The molecule has 0 saturated heterocycles. The number of nitrogens with one attached hydrogen (secondary N) is 1. The second-order valence-electron chi connectivity index (χ2n) is 3.91. The van der Waals surface area contributed by atoms with E-state index in [-0.39, 0.29) is 24.4 Å². The van der Waals surface area contributed by atoms with Crippen LogP contribution in [0.15, 0.2) is 18.2 Å². The van der Waals surface area contributed by atoms with Crippen LogP contribution in [0.3, 0.4) is 0 Å². The quantitative estimate of drug-likeness (QED) is 0.667. The third-order valence-electron chi connectivity index (χ3n) is 2.36. The van der Waals surface area contributed by atoms with Gasteiger partial charge in [0.15, 0.2) is 0 Å². The number of nitrogen functional groups attached to an aromatic ring is 1. The lowest BCUT2D eigenvalue weighted by atomic mass is 10.0. The Morgan fingerprint density at radius 1 is 1.47 bits per heavy atom. The maximum absolute atomic E-state index is 12.9. The third-order valence-corrected chi connectivity index (χ3v) is 2.36. The Morgan fingerprint density at radius 3 is 2.67 bits per heavy atom. The summed E-state index contributed by atoms with van der Waals surface area (Å²) < 4.78 is 12.9. The molecule has 0 aromatic heterocycles. The molecule has 0 saturated carbocycles. The number of aliphatic hydroxyl groups is 1.